The van der Waals surface area contributed by atoms with Gasteiger partial charge in [-0.15, -0.1) is 11.3 Å². The Morgan fingerprint density at radius 2 is 2.05 bits per heavy atom. The largest absolute Gasteiger partial charge is 0.334 e. The quantitative estimate of drug-likeness (QED) is 0.914. The summed E-state index contributed by atoms with van der Waals surface area (Å²) >= 11 is 1.64. The van der Waals surface area contributed by atoms with E-state index in [-0.39, 0.29) is 11.8 Å². The van der Waals surface area contributed by atoms with Crippen LogP contribution in [0.3, 0.4) is 0 Å². The van der Waals surface area contributed by atoms with Gasteiger partial charge in [0.25, 0.3) is 0 Å². The molecule has 21 heavy (non-hydrogen) atoms. The van der Waals surface area contributed by atoms with E-state index >= 15 is 0 Å². The Balaban J connectivity index is 1.89. The van der Waals surface area contributed by atoms with Gasteiger partial charge in [-0.05, 0) is 48.1 Å². The molecule has 1 aromatic heterocycles. The van der Waals surface area contributed by atoms with Crippen LogP contribution in [-0.4, -0.2) is 18.0 Å². The lowest BCUT2D eigenvalue weighted by Crippen LogP contribution is -2.36. The first-order valence-electron chi connectivity index (χ1n) is 6.74. The fourth-order valence-corrected chi connectivity index (χ4v) is 2.87. The second-order valence-electron chi connectivity index (χ2n) is 5.13. The maximum Gasteiger partial charge on any atom is 0.317 e. The fraction of sp³-hybridized carbons (Fsp3) is 0.312. The van der Waals surface area contributed by atoms with Gasteiger partial charge in [0.05, 0.1) is 6.54 Å². The number of rotatable bonds is 4. The molecule has 0 saturated carbocycles. The molecule has 0 unspecified atom stereocenters. The summed E-state index contributed by atoms with van der Waals surface area (Å²) in [4.78, 5) is 14.8. The number of halogens is 1. The Morgan fingerprint density at radius 3 is 2.67 bits per heavy atom. The minimum absolute atomic E-state index is 0.163. The van der Waals surface area contributed by atoms with Crippen LogP contribution < -0.4 is 5.32 Å². The molecule has 0 atom stereocenters. The molecule has 0 spiro atoms. The van der Waals surface area contributed by atoms with E-state index in [2.05, 4.69) is 5.32 Å². The van der Waals surface area contributed by atoms with E-state index in [4.69, 9.17) is 0 Å². The third-order valence-corrected chi connectivity index (χ3v) is 4.38. The Bertz CT molecular complexity index is 639. The molecule has 0 aliphatic carbocycles. The monoisotopic (exact) mass is 306 g/mol. The second-order valence-corrected chi connectivity index (χ2v) is 6.13. The van der Waals surface area contributed by atoms with Crippen LogP contribution in [0.25, 0.3) is 0 Å². The fourth-order valence-electron chi connectivity index (χ4n) is 1.91. The normalized spacial score (nSPS) is 10.5. The molecule has 0 bridgehead atoms. The average molecular weight is 306 g/mol. The van der Waals surface area contributed by atoms with Crippen molar-refractivity contribution in [3.05, 3.63) is 57.0 Å². The SMILES string of the molecule is Cc1ccc(CNC(=O)N(C)Cc2sccc2C)cc1F. The van der Waals surface area contributed by atoms with Crippen LogP contribution in [0.1, 0.15) is 21.6 Å². The van der Waals surface area contributed by atoms with E-state index in [1.165, 1.54) is 16.5 Å². The molecule has 112 valence electrons. The van der Waals surface area contributed by atoms with Gasteiger partial charge in [0, 0.05) is 18.5 Å². The van der Waals surface area contributed by atoms with Gasteiger partial charge in [-0.25, -0.2) is 9.18 Å². The van der Waals surface area contributed by atoms with Crippen LogP contribution in [0.15, 0.2) is 29.6 Å². The molecule has 0 fully saturated rings. The van der Waals surface area contributed by atoms with Crippen LogP contribution in [0.5, 0.6) is 0 Å². The standard InChI is InChI=1S/C16H19FN2OS/c1-11-4-5-13(8-14(11)17)9-18-16(20)19(3)10-15-12(2)6-7-21-15/h4-8H,9-10H2,1-3H3,(H,18,20). The minimum atomic E-state index is -0.246. The van der Waals surface area contributed by atoms with Crippen LogP contribution in [0.2, 0.25) is 0 Å². The van der Waals surface area contributed by atoms with Crippen molar-refractivity contribution in [2.24, 2.45) is 0 Å². The lowest BCUT2D eigenvalue weighted by molar-refractivity contribution is 0.207. The summed E-state index contributed by atoms with van der Waals surface area (Å²) in [5.74, 6) is -0.246. The minimum Gasteiger partial charge on any atom is -0.334 e. The molecule has 3 nitrogen and oxygen atoms in total. The summed E-state index contributed by atoms with van der Waals surface area (Å²) in [6, 6.07) is 6.88. The number of thiophene rings is 1. The molecule has 2 aromatic rings. The molecule has 2 rings (SSSR count). The van der Waals surface area contributed by atoms with Gasteiger partial charge in [-0.1, -0.05) is 12.1 Å². The van der Waals surface area contributed by atoms with Crippen LogP contribution in [-0.2, 0) is 13.1 Å². The summed E-state index contributed by atoms with van der Waals surface area (Å²) in [5, 5.41) is 4.82. The molecule has 0 aliphatic rings. The first-order valence-corrected chi connectivity index (χ1v) is 7.62. The van der Waals surface area contributed by atoms with Crippen molar-refractivity contribution in [3.63, 3.8) is 0 Å². The predicted octanol–water partition coefficient (Wildman–Crippen LogP) is 3.85. The molecule has 0 aliphatic heterocycles. The van der Waals surface area contributed by atoms with E-state index in [1.807, 2.05) is 24.4 Å². The Kier molecular flexibility index (Phi) is 4.96. The van der Waals surface area contributed by atoms with Gasteiger partial charge in [-0.2, -0.15) is 0 Å². The summed E-state index contributed by atoms with van der Waals surface area (Å²) in [6.45, 7) is 4.66. The van der Waals surface area contributed by atoms with Crippen molar-refractivity contribution in [2.75, 3.05) is 7.05 Å². The van der Waals surface area contributed by atoms with Gasteiger partial charge in [0.1, 0.15) is 5.82 Å². The first-order chi connectivity index (χ1) is 9.97. The van der Waals surface area contributed by atoms with Crippen LogP contribution in [0.4, 0.5) is 9.18 Å². The average Bonchev–Trinajstić information content (AvgIpc) is 2.85. The van der Waals surface area contributed by atoms with Crippen LogP contribution in [0, 0.1) is 19.7 Å². The maximum atomic E-state index is 13.4. The number of aryl methyl sites for hydroxylation is 2. The summed E-state index contributed by atoms with van der Waals surface area (Å²) in [7, 11) is 1.75. The zero-order chi connectivity index (χ0) is 15.4. The Labute approximate surface area is 128 Å². The van der Waals surface area contributed by atoms with Gasteiger partial charge in [0.2, 0.25) is 0 Å². The molecule has 0 saturated heterocycles. The lowest BCUT2D eigenvalue weighted by atomic mass is 10.1. The molecular weight excluding hydrogens is 287 g/mol. The van der Waals surface area contributed by atoms with Crippen molar-refractivity contribution < 1.29 is 9.18 Å². The van der Waals surface area contributed by atoms with Gasteiger partial charge < -0.3 is 10.2 Å². The maximum absolute atomic E-state index is 13.4. The number of urea groups is 1. The van der Waals surface area contributed by atoms with Crippen LogP contribution >= 0.6 is 11.3 Å². The van der Waals surface area contributed by atoms with E-state index < -0.39 is 0 Å². The molecule has 5 heteroatoms. The first kappa shape index (κ1) is 15.5. The van der Waals surface area contributed by atoms with Gasteiger partial charge >= 0.3 is 6.03 Å². The van der Waals surface area contributed by atoms with E-state index in [1.54, 1.807) is 36.3 Å². The number of hydrogen-bond donors (Lipinski definition) is 1. The predicted molar refractivity (Wildman–Crippen MR) is 83.9 cm³/mol. The van der Waals surface area contributed by atoms with Crippen molar-refractivity contribution >= 4 is 17.4 Å². The lowest BCUT2D eigenvalue weighted by Gasteiger charge is -2.18. The third kappa shape index (κ3) is 4.04. The molecule has 1 heterocycles. The molecule has 1 N–H and O–H groups in total. The highest BCUT2D eigenvalue weighted by atomic mass is 32.1. The number of hydrogen-bond acceptors (Lipinski definition) is 2. The second kappa shape index (κ2) is 6.72. The smallest absolute Gasteiger partial charge is 0.317 e. The van der Waals surface area contributed by atoms with Gasteiger partial charge in [-0.3, -0.25) is 0 Å². The Hall–Kier alpha value is -1.88. The zero-order valence-electron chi connectivity index (χ0n) is 12.4. The number of nitrogens with zero attached hydrogens (tertiary/aromatic N) is 1. The van der Waals surface area contributed by atoms with Gasteiger partial charge in [0.15, 0.2) is 0 Å². The number of carbonyl (C=O) groups excluding carboxylic acids is 1. The van der Waals surface area contributed by atoms with E-state index in [0.717, 1.165) is 5.56 Å². The van der Waals surface area contributed by atoms with Crippen molar-refractivity contribution in [3.8, 4) is 0 Å². The zero-order valence-corrected chi connectivity index (χ0v) is 13.3. The summed E-state index contributed by atoms with van der Waals surface area (Å²) in [6.07, 6.45) is 0. The molecule has 0 radical (unpaired) electrons. The van der Waals surface area contributed by atoms with Crippen molar-refractivity contribution in [1.29, 1.82) is 0 Å². The highest BCUT2D eigenvalue weighted by Gasteiger charge is 2.11. The molecular formula is C16H19FN2OS. The topological polar surface area (TPSA) is 32.3 Å². The number of carbonyl (C=O) groups is 1. The number of benzene rings is 1. The van der Waals surface area contributed by atoms with Crippen molar-refractivity contribution in [2.45, 2.75) is 26.9 Å². The number of amides is 2. The molecule has 1 aromatic carbocycles. The van der Waals surface area contributed by atoms with E-state index in [0.29, 0.717) is 18.7 Å². The molecule has 2 amide bonds. The summed E-state index contributed by atoms with van der Waals surface area (Å²) < 4.78 is 13.4. The highest BCUT2D eigenvalue weighted by Crippen LogP contribution is 2.17. The third-order valence-electron chi connectivity index (χ3n) is 3.38. The highest BCUT2D eigenvalue weighted by molar-refractivity contribution is 7.10. The number of nitrogens with one attached hydrogen (secondary N) is 1. The van der Waals surface area contributed by atoms with E-state index in [9.17, 15) is 9.18 Å². The van der Waals surface area contributed by atoms with Crippen molar-refractivity contribution in [1.82, 2.24) is 10.2 Å². The Morgan fingerprint density at radius 1 is 1.29 bits per heavy atom. The summed E-state index contributed by atoms with van der Waals surface area (Å²) in [5.41, 5.74) is 2.56.